The van der Waals surface area contributed by atoms with E-state index in [1.165, 1.54) is 5.56 Å². The number of H-pyrrole nitrogens is 1. The Labute approximate surface area is 85.1 Å². The molecule has 1 N–H and O–H groups in total. The number of nitrogens with zero attached hydrogens (tertiary/aromatic N) is 1. The molecule has 0 amide bonds. The van der Waals surface area contributed by atoms with Crippen molar-refractivity contribution in [2.45, 2.75) is 6.92 Å². The van der Waals surface area contributed by atoms with Crippen molar-refractivity contribution in [3.8, 4) is 11.4 Å². The maximum atomic E-state index is 4.18. The molecule has 1 aromatic heterocycles. The molecule has 0 aliphatic heterocycles. The van der Waals surface area contributed by atoms with Crippen molar-refractivity contribution in [2.24, 2.45) is 0 Å². The first kappa shape index (κ1) is 8.51. The van der Waals surface area contributed by atoms with Crippen LogP contribution in [-0.4, -0.2) is 9.97 Å². The molecule has 0 aliphatic rings. The van der Waals surface area contributed by atoms with Crippen LogP contribution in [0.3, 0.4) is 0 Å². The average molecular weight is 237 g/mol. The summed E-state index contributed by atoms with van der Waals surface area (Å²) in [5.41, 5.74) is 2.33. The van der Waals surface area contributed by atoms with Crippen LogP contribution in [0.1, 0.15) is 5.56 Å². The van der Waals surface area contributed by atoms with Crippen LogP contribution in [0.4, 0.5) is 0 Å². The van der Waals surface area contributed by atoms with Gasteiger partial charge in [0.2, 0.25) is 0 Å². The number of aromatic nitrogens is 2. The Morgan fingerprint density at radius 1 is 1.38 bits per heavy atom. The molecule has 0 aliphatic carbocycles. The molecule has 3 heteroatoms. The fourth-order valence-corrected chi connectivity index (χ4v) is 1.54. The van der Waals surface area contributed by atoms with Gasteiger partial charge in [-0.05, 0) is 18.6 Å². The van der Waals surface area contributed by atoms with Crippen molar-refractivity contribution in [3.63, 3.8) is 0 Å². The zero-order valence-corrected chi connectivity index (χ0v) is 8.80. The number of hydrogen-bond acceptors (Lipinski definition) is 1. The Balaban J connectivity index is 2.49. The normalized spacial score (nSPS) is 10.3. The Hall–Kier alpha value is -1.09. The van der Waals surface area contributed by atoms with Gasteiger partial charge < -0.3 is 4.98 Å². The Kier molecular flexibility index (Phi) is 2.19. The Morgan fingerprint density at radius 2 is 2.23 bits per heavy atom. The zero-order chi connectivity index (χ0) is 9.26. The first-order valence-corrected chi connectivity index (χ1v) is 4.82. The van der Waals surface area contributed by atoms with Gasteiger partial charge in [-0.25, -0.2) is 4.98 Å². The van der Waals surface area contributed by atoms with Crippen molar-refractivity contribution >= 4 is 15.9 Å². The standard InChI is InChI=1S/C10H9BrN2/c1-7-2-3-8(6-9(7)11)10-12-4-5-13-10/h2-6H,1H3,(H,12,13). The monoisotopic (exact) mass is 236 g/mol. The lowest BCUT2D eigenvalue weighted by atomic mass is 10.1. The van der Waals surface area contributed by atoms with E-state index in [1.807, 2.05) is 6.20 Å². The minimum atomic E-state index is 0.903. The third-order valence-corrected chi connectivity index (χ3v) is 2.80. The van der Waals surface area contributed by atoms with E-state index >= 15 is 0 Å². The minimum Gasteiger partial charge on any atom is -0.345 e. The highest BCUT2D eigenvalue weighted by Gasteiger charge is 2.01. The highest BCUT2D eigenvalue weighted by atomic mass is 79.9. The molecule has 1 heterocycles. The number of benzene rings is 1. The van der Waals surface area contributed by atoms with Crippen molar-refractivity contribution < 1.29 is 0 Å². The van der Waals surface area contributed by atoms with Gasteiger partial charge in [0, 0.05) is 22.4 Å². The second-order valence-electron chi connectivity index (χ2n) is 2.90. The van der Waals surface area contributed by atoms with Gasteiger partial charge >= 0.3 is 0 Å². The lowest BCUT2D eigenvalue weighted by molar-refractivity contribution is 1.30. The summed E-state index contributed by atoms with van der Waals surface area (Å²) in [5, 5.41) is 0. The summed E-state index contributed by atoms with van der Waals surface area (Å²) in [6.45, 7) is 2.07. The molecule has 0 fully saturated rings. The largest absolute Gasteiger partial charge is 0.345 e. The van der Waals surface area contributed by atoms with Crippen molar-refractivity contribution in [2.75, 3.05) is 0 Å². The summed E-state index contributed by atoms with van der Waals surface area (Å²) in [6.07, 6.45) is 3.58. The van der Waals surface area contributed by atoms with E-state index in [4.69, 9.17) is 0 Å². The number of rotatable bonds is 1. The van der Waals surface area contributed by atoms with E-state index in [9.17, 15) is 0 Å². The highest BCUT2D eigenvalue weighted by Crippen LogP contribution is 2.22. The fraction of sp³-hybridized carbons (Fsp3) is 0.100. The third-order valence-electron chi connectivity index (χ3n) is 1.94. The van der Waals surface area contributed by atoms with E-state index in [0.29, 0.717) is 0 Å². The van der Waals surface area contributed by atoms with Crippen LogP contribution in [0.2, 0.25) is 0 Å². The van der Waals surface area contributed by atoms with E-state index in [2.05, 4.69) is 51.0 Å². The fourth-order valence-electron chi connectivity index (χ4n) is 1.16. The molecule has 0 saturated carbocycles. The van der Waals surface area contributed by atoms with E-state index in [-0.39, 0.29) is 0 Å². The van der Waals surface area contributed by atoms with Crippen LogP contribution in [-0.2, 0) is 0 Å². The van der Waals surface area contributed by atoms with E-state index < -0.39 is 0 Å². The number of hydrogen-bond donors (Lipinski definition) is 1. The topological polar surface area (TPSA) is 28.7 Å². The van der Waals surface area contributed by atoms with Gasteiger partial charge in [-0.2, -0.15) is 0 Å². The summed E-state index contributed by atoms with van der Waals surface area (Å²) in [5.74, 6) is 0.903. The first-order valence-electron chi connectivity index (χ1n) is 4.03. The van der Waals surface area contributed by atoms with Crippen LogP contribution < -0.4 is 0 Å². The SMILES string of the molecule is Cc1ccc(-c2ncc[nH]2)cc1Br. The van der Waals surface area contributed by atoms with Crippen molar-refractivity contribution in [1.82, 2.24) is 9.97 Å². The highest BCUT2D eigenvalue weighted by molar-refractivity contribution is 9.10. The summed E-state index contributed by atoms with van der Waals surface area (Å²) >= 11 is 3.49. The molecule has 0 bridgehead atoms. The number of nitrogens with one attached hydrogen (secondary N) is 1. The van der Waals surface area contributed by atoms with Crippen LogP contribution in [0.25, 0.3) is 11.4 Å². The molecule has 13 heavy (non-hydrogen) atoms. The second-order valence-corrected chi connectivity index (χ2v) is 3.76. The van der Waals surface area contributed by atoms with Gasteiger partial charge in [-0.15, -0.1) is 0 Å². The smallest absolute Gasteiger partial charge is 0.137 e. The zero-order valence-electron chi connectivity index (χ0n) is 7.21. The van der Waals surface area contributed by atoms with Crippen LogP contribution in [0.15, 0.2) is 35.1 Å². The number of aryl methyl sites for hydroxylation is 1. The van der Waals surface area contributed by atoms with Crippen LogP contribution >= 0.6 is 15.9 Å². The van der Waals surface area contributed by atoms with E-state index in [1.54, 1.807) is 6.20 Å². The Morgan fingerprint density at radius 3 is 2.85 bits per heavy atom. The molecule has 2 rings (SSSR count). The molecule has 0 saturated heterocycles. The average Bonchev–Trinajstić information content (AvgIpc) is 2.62. The molecular weight excluding hydrogens is 228 g/mol. The molecule has 0 radical (unpaired) electrons. The maximum absolute atomic E-state index is 4.18. The van der Waals surface area contributed by atoms with Gasteiger partial charge in [-0.3, -0.25) is 0 Å². The quantitative estimate of drug-likeness (QED) is 0.810. The number of halogens is 1. The molecule has 0 atom stereocenters. The maximum Gasteiger partial charge on any atom is 0.137 e. The summed E-state index contributed by atoms with van der Waals surface area (Å²) in [4.78, 5) is 7.25. The van der Waals surface area contributed by atoms with E-state index in [0.717, 1.165) is 15.9 Å². The molecular formula is C10H9BrN2. The second kappa shape index (κ2) is 3.34. The minimum absolute atomic E-state index is 0.903. The molecule has 0 spiro atoms. The van der Waals surface area contributed by atoms with Gasteiger partial charge in [0.1, 0.15) is 5.82 Å². The molecule has 66 valence electrons. The van der Waals surface area contributed by atoms with Gasteiger partial charge in [-0.1, -0.05) is 28.1 Å². The molecule has 1 aromatic carbocycles. The number of imidazole rings is 1. The lowest BCUT2D eigenvalue weighted by Gasteiger charge is -2.00. The summed E-state index contributed by atoms with van der Waals surface area (Å²) in [6, 6.07) is 6.19. The predicted molar refractivity (Wildman–Crippen MR) is 56.5 cm³/mol. The first-order chi connectivity index (χ1) is 6.27. The lowest BCUT2D eigenvalue weighted by Crippen LogP contribution is -1.82. The molecule has 2 nitrogen and oxygen atoms in total. The van der Waals surface area contributed by atoms with Crippen LogP contribution in [0.5, 0.6) is 0 Å². The van der Waals surface area contributed by atoms with Crippen molar-refractivity contribution in [3.05, 3.63) is 40.6 Å². The summed E-state index contributed by atoms with van der Waals surface area (Å²) in [7, 11) is 0. The molecule has 0 unspecified atom stereocenters. The third kappa shape index (κ3) is 1.65. The summed E-state index contributed by atoms with van der Waals surface area (Å²) < 4.78 is 1.11. The van der Waals surface area contributed by atoms with Gasteiger partial charge in [0.05, 0.1) is 0 Å². The predicted octanol–water partition coefficient (Wildman–Crippen LogP) is 3.15. The van der Waals surface area contributed by atoms with Crippen LogP contribution in [0, 0.1) is 6.92 Å². The van der Waals surface area contributed by atoms with Gasteiger partial charge in [0.15, 0.2) is 0 Å². The van der Waals surface area contributed by atoms with Crippen molar-refractivity contribution in [1.29, 1.82) is 0 Å². The number of aromatic amines is 1. The Bertz CT molecular complexity index is 407. The molecule has 2 aromatic rings. The van der Waals surface area contributed by atoms with Gasteiger partial charge in [0.25, 0.3) is 0 Å².